The van der Waals surface area contributed by atoms with Gasteiger partial charge in [0.05, 0.1) is 0 Å². The molecule has 2 unspecified atom stereocenters. The van der Waals surface area contributed by atoms with Crippen molar-refractivity contribution in [2.75, 3.05) is 6.54 Å². The van der Waals surface area contributed by atoms with Gasteiger partial charge in [-0.25, -0.2) is 4.39 Å². The zero-order valence-electron chi connectivity index (χ0n) is 11.8. The molecule has 1 amide bonds. The Morgan fingerprint density at radius 3 is 2.24 bits per heavy atom. The monoisotopic (exact) mass is 283 g/mol. The van der Waals surface area contributed by atoms with E-state index in [-0.39, 0.29) is 11.8 Å². The molecule has 3 rings (SSSR count). The number of rotatable bonds is 3. The van der Waals surface area contributed by atoms with E-state index < -0.39 is 6.30 Å². The summed E-state index contributed by atoms with van der Waals surface area (Å²) in [7, 11) is 0. The second-order valence-electron chi connectivity index (χ2n) is 5.43. The summed E-state index contributed by atoms with van der Waals surface area (Å²) < 4.78 is 14.5. The first-order valence-corrected chi connectivity index (χ1v) is 7.29. The van der Waals surface area contributed by atoms with E-state index in [2.05, 4.69) is 0 Å². The summed E-state index contributed by atoms with van der Waals surface area (Å²) in [6.45, 7) is 0.467. The first kappa shape index (κ1) is 13.8. The van der Waals surface area contributed by atoms with E-state index in [1.54, 1.807) is 24.3 Å². The molecule has 2 aromatic rings. The second kappa shape index (κ2) is 6.08. The number of likely N-dealkylation sites (tertiary alicyclic amines) is 1. The molecule has 1 fully saturated rings. The standard InChI is InChI=1S/C18H18FNO/c19-18(15-9-5-2-6-10-15)20-12-11-16(13-17(20)21)14-7-3-1-4-8-14/h1-10,16,18H,11-13H2. The molecule has 1 aliphatic heterocycles. The van der Waals surface area contributed by atoms with E-state index in [4.69, 9.17) is 0 Å². The van der Waals surface area contributed by atoms with Gasteiger partial charge in [-0.05, 0) is 17.9 Å². The largest absolute Gasteiger partial charge is 0.309 e. The first-order valence-electron chi connectivity index (χ1n) is 7.29. The van der Waals surface area contributed by atoms with Crippen molar-refractivity contribution in [1.29, 1.82) is 0 Å². The van der Waals surface area contributed by atoms with Gasteiger partial charge in [-0.2, -0.15) is 0 Å². The smallest absolute Gasteiger partial charge is 0.225 e. The predicted octanol–water partition coefficient (Wildman–Crippen LogP) is 4.06. The second-order valence-corrected chi connectivity index (χ2v) is 5.43. The number of hydrogen-bond acceptors (Lipinski definition) is 1. The van der Waals surface area contributed by atoms with Crippen LogP contribution < -0.4 is 0 Å². The van der Waals surface area contributed by atoms with Crippen molar-refractivity contribution in [1.82, 2.24) is 4.90 Å². The molecule has 2 nitrogen and oxygen atoms in total. The fourth-order valence-corrected chi connectivity index (χ4v) is 2.89. The van der Waals surface area contributed by atoms with Crippen molar-refractivity contribution in [3.63, 3.8) is 0 Å². The van der Waals surface area contributed by atoms with Crippen molar-refractivity contribution in [2.24, 2.45) is 0 Å². The first-order chi connectivity index (χ1) is 10.3. The van der Waals surface area contributed by atoms with E-state index >= 15 is 0 Å². The van der Waals surface area contributed by atoms with Crippen LogP contribution in [-0.4, -0.2) is 17.4 Å². The maximum atomic E-state index is 14.5. The molecule has 1 aliphatic rings. The molecule has 108 valence electrons. The van der Waals surface area contributed by atoms with Crippen molar-refractivity contribution < 1.29 is 9.18 Å². The fourth-order valence-electron chi connectivity index (χ4n) is 2.89. The van der Waals surface area contributed by atoms with Gasteiger partial charge in [0, 0.05) is 18.5 Å². The lowest BCUT2D eigenvalue weighted by atomic mass is 9.89. The van der Waals surface area contributed by atoms with Crippen molar-refractivity contribution in [3.8, 4) is 0 Å². The van der Waals surface area contributed by atoms with Crippen LogP contribution in [0, 0.1) is 0 Å². The Morgan fingerprint density at radius 2 is 1.62 bits per heavy atom. The Labute approximate surface area is 124 Å². The van der Waals surface area contributed by atoms with Gasteiger partial charge in [0.1, 0.15) is 0 Å². The van der Waals surface area contributed by atoms with Gasteiger partial charge in [-0.3, -0.25) is 4.79 Å². The third-order valence-electron chi connectivity index (χ3n) is 4.08. The lowest BCUT2D eigenvalue weighted by molar-refractivity contribution is -0.140. The molecule has 0 aromatic heterocycles. The zero-order chi connectivity index (χ0) is 14.7. The number of hydrogen-bond donors (Lipinski definition) is 0. The molecule has 0 saturated carbocycles. The Hall–Kier alpha value is -2.16. The van der Waals surface area contributed by atoms with E-state index in [9.17, 15) is 9.18 Å². The topological polar surface area (TPSA) is 20.3 Å². The van der Waals surface area contributed by atoms with Gasteiger partial charge >= 0.3 is 0 Å². The number of nitrogens with zero attached hydrogens (tertiary/aromatic N) is 1. The maximum Gasteiger partial charge on any atom is 0.225 e. The quantitative estimate of drug-likeness (QED) is 0.778. The molecule has 0 bridgehead atoms. The number of piperidine rings is 1. The average molecular weight is 283 g/mol. The van der Waals surface area contributed by atoms with Gasteiger partial charge in [0.15, 0.2) is 0 Å². The molecular weight excluding hydrogens is 265 g/mol. The SMILES string of the molecule is O=C1CC(c2ccccc2)CCN1C(F)c1ccccc1. The van der Waals surface area contributed by atoms with Gasteiger partial charge in [-0.15, -0.1) is 0 Å². The van der Waals surface area contributed by atoms with Crippen LogP contribution in [0.4, 0.5) is 4.39 Å². The molecule has 2 atom stereocenters. The van der Waals surface area contributed by atoms with E-state index in [1.807, 2.05) is 36.4 Å². The van der Waals surface area contributed by atoms with Gasteiger partial charge < -0.3 is 4.90 Å². The normalized spacial score (nSPS) is 20.3. The molecule has 1 saturated heterocycles. The molecule has 21 heavy (non-hydrogen) atoms. The minimum atomic E-state index is -1.34. The number of amides is 1. The van der Waals surface area contributed by atoms with Crippen LogP contribution in [0.25, 0.3) is 0 Å². The molecule has 1 heterocycles. The van der Waals surface area contributed by atoms with Crippen LogP contribution >= 0.6 is 0 Å². The number of carbonyl (C=O) groups excluding carboxylic acids is 1. The lowest BCUT2D eigenvalue weighted by Gasteiger charge is -2.34. The Morgan fingerprint density at radius 1 is 1.00 bits per heavy atom. The van der Waals surface area contributed by atoms with E-state index in [0.29, 0.717) is 18.5 Å². The highest BCUT2D eigenvalue weighted by atomic mass is 19.1. The molecule has 0 N–H and O–H groups in total. The molecule has 0 spiro atoms. The summed E-state index contributed by atoms with van der Waals surface area (Å²) in [5.74, 6) is 0.101. The highest BCUT2D eigenvalue weighted by Crippen LogP contribution is 2.33. The van der Waals surface area contributed by atoms with Crippen LogP contribution in [-0.2, 0) is 4.79 Å². The summed E-state index contributed by atoms with van der Waals surface area (Å²) >= 11 is 0. The van der Waals surface area contributed by atoms with Crippen LogP contribution in [0.15, 0.2) is 60.7 Å². The number of carbonyl (C=O) groups is 1. The van der Waals surface area contributed by atoms with Crippen molar-refractivity contribution >= 4 is 5.91 Å². The van der Waals surface area contributed by atoms with Crippen LogP contribution in [0.5, 0.6) is 0 Å². The molecule has 2 aromatic carbocycles. The van der Waals surface area contributed by atoms with Crippen LogP contribution in [0.1, 0.15) is 36.2 Å². The predicted molar refractivity (Wildman–Crippen MR) is 80.4 cm³/mol. The maximum absolute atomic E-state index is 14.5. The number of benzene rings is 2. The minimum Gasteiger partial charge on any atom is -0.309 e. The van der Waals surface area contributed by atoms with E-state index in [0.717, 1.165) is 6.42 Å². The number of alkyl halides is 1. The fraction of sp³-hybridized carbons (Fsp3) is 0.278. The highest BCUT2D eigenvalue weighted by Gasteiger charge is 2.32. The molecular formula is C18H18FNO. The highest BCUT2D eigenvalue weighted by molar-refractivity contribution is 5.78. The Balaban J connectivity index is 1.70. The molecule has 0 radical (unpaired) electrons. The van der Waals surface area contributed by atoms with Gasteiger partial charge in [0.25, 0.3) is 0 Å². The Kier molecular flexibility index (Phi) is 4.00. The summed E-state index contributed by atoms with van der Waals surface area (Å²) in [5, 5.41) is 0. The van der Waals surface area contributed by atoms with Crippen LogP contribution in [0.3, 0.4) is 0 Å². The average Bonchev–Trinajstić information content (AvgIpc) is 2.56. The van der Waals surface area contributed by atoms with Gasteiger partial charge in [0.2, 0.25) is 12.2 Å². The zero-order valence-corrected chi connectivity index (χ0v) is 11.8. The summed E-state index contributed by atoms with van der Waals surface area (Å²) in [6.07, 6.45) is -0.143. The Bertz CT molecular complexity index is 599. The lowest BCUT2D eigenvalue weighted by Crippen LogP contribution is -2.39. The van der Waals surface area contributed by atoms with E-state index in [1.165, 1.54) is 10.5 Å². The van der Waals surface area contributed by atoms with Gasteiger partial charge in [-0.1, -0.05) is 60.7 Å². The summed E-state index contributed by atoms with van der Waals surface area (Å²) in [5.41, 5.74) is 1.71. The van der Waals surface area contributed by atoms with Crippen molar-refractivity contribution in [3.05, 3.63) is 71.8 Å². The summed E-state index contributed by atoms with van der Waals surface area (Å²) in [4.78, 5) is 13.6. The minimum absolute atomic E-state index is 0.105. The third kappa shape index (κ3) is 2.97. The molecule has 3 heteroatoms. The van der Waals surface area contributed by atoms with Crippen molar-refractivity contribution in [2.45, 2.75) is 25.1 Å². The molecule has 0 aliphatic carbocycles. The number of halogens is 1. The van der Waals surface area contributed by atoms with Crippen LogP contribution in [0.2, 0.25) is 0 Å². The third-order valence-corrected chi connectivity index (χ3v) is 4.08. The summed E-state index contributed by atoms with van der Waals surface area (Å²) in [6, 6.07) is 18.9.